The van der Waals surface area contributed by atoms with E-state index in [1.165, 1.54) is 5.56 Å². The fourth-order valence-electron chi connectivity index (χ4n) is 3.80. The standard InChI is InChI=1S/C23H19N3O3/c24-12-18(23(29)25-10-9-16-5-1-2-6-17(16)13-25)11-19-14-26(15-22(27)28)21-8-4-3-7-20(19)21/h1-8,11,14H,9-10,13,15H2,(H,27,28). The van der Waals surface area contributed by atoms with E-state index >= 15 is 0 Å². The van der Waals surface area contributed by atoms with Crippen LogP contribution in [0.5, 0.6) is 0 Å². The van der Waals surface area contributed by atoms with Gasteiger partial charge in [-0.05, 0) is 29.7 Å². The summed E-state index contributed by atoms with van der Waals surface area (Å²) in [5.74, 6) is -1.26. The van der Waals surface area contributed by atoms with Crippen LogP contribution in [0.1, 0.15) is 16.7 Å². The van der Waals surface area contributed by atoms with Crippen LogP contribution < -0.4 is 0 Å². The first-order valence-electron chi connectivity index (χ1n) is 9.34. The predicted octanol–water partition coefficient (Wildman–Crippen LogP) is 3.22. The van der Waals surface area contributed by atoms with Crippen molar-refractivity contribution >= 4 is 28.9 Å². The minimum Gasteiger partial charge on any atom is -0.480 e. The van der Waals surface area contributed by atoms with Crippen LogP contribution in [0.4, 0.5) is 0 Å². The normalized spacial score (nSPS) is 13.8. The van der Waals surface area contributed by atoms with Crippen molar-refractivity contribution in [3.8, 4) is 6.07 Å². The van der Waals surface area contributed by atoms with Crippen molar-refractivity contribution in [3.63, 3.8) is 0 Å². The highest BCUT2D eigenvalue weighted by Crippen LogP contribution is 2.25. The quantitative estimate of drug-likeness (QED) is 0.552. The number of carboxylic acids is 1. The molecule has 0 atom stereocenters. The molecule has 0 saturated carbocycles. The molecule has 29 heavy (non-hydrogen) atoms. The molecule has 0 saturated heterocycles. The minimum absolute atomic E-state index is 0.0441. The molecule has 1 aliphatic rings. The van der Waals surface area contributed by atoms with E-state index in [1.807, 2.05) is 48.5 Å². The molecular formula is C23H19N3O3. The Kier molecular flexibility index (Phi) is 4.88. The van der Waals surface area contributed by atoms with Gasteiger partial charge in [0.2, 0.25) is 0 Å². The molecule has 3 aromatic rings. The third-order valence-corrected chi connectivity index (χ3v) is 5.19. The zero-order valence-electron chi connectivity index (χ0n) is 15.7. The number of carboxylic acid groups (broad SMARTS) is 1. The largest absolute Gasteiger partial charge is 0.480 e. The van der Waals surface area contributed by atoms with Gasteiger partial charge >= 0.3 is 5.97 Å². The van der Waals surface area contributed by atoms with Crippen molar-refractivity contribution in [2.24, 2.45) is 0 Å². The molecule has 2 aromatic carbocycles. The lowest BCUT2D eigenvalue weighted by atomic mass is 9.99. The maximum Gasteiger partial charge on any atom is 0.323 e. The molecule has 144 valence electrons. The molecule has 1 aromatic heterocycles. The Bertz CT molecular complexity index is 1180. The molecule has 0 fully saturated rings. The summed E-state index contributed by atoms with van der Waals surface area (Å²) in [6, 6.07) is 17.4. The lowest BCUT2D eigenvalue weighted by Gasteiger charge is -2.28. The SMILES string of the molecule is N#CC(=Cc1cn(CC(=O)O)c2ccccc12)C(=O)N1CCc2ccccc2C1. The highest BCUT2D eigenvalue weighted by atomic mass is 16.4. The topological polar surface area (TPSA) is 86.3 Å². The van der Waals surface area contributed by atoms with Gasteiger partial charge in [0, 0.05) is 35.8 Å². The van der Waals surface area contributed by atoms with E-state index in [2.05, 4.69) is 6.07 Å². The third kappa shape index (κ3) is 3.63. The van der Waals surface area contributed by atoms with E-state index in [0.29, 0.717) is 18.7 Å². The van der Waals surface area contributed by atoms with Gasteiger partial charge in [-0.15, -0.1) is 0 Å². The first-order chi connectivity index (χ1) is 14.1. The van der Waals surface area contributed by atoms with Crippen LogP contribution in [-0.2, 0) is 29.1 Å². The Labute approximate surface area is 167 Å². The van der Waals surface area contributed by atoms with Crippen LogP contribution in [0, 0.1) is 11.3 Å². The number of aliphatic carboxylic acids is 1. The number of hydrogen-bond donors (Lipinski definition) is 1. The molecule has 4 rings (SSSR count). The number of benzene rings is 2. The number of rotatable bonds is 4. The Morgan fingerprint density at radius 2 is 1.83 bits per heavy atom. The van der Waals surface area contributed by atoms with Gasteiger partial charge in [-0.25, -0.2) is 0 Å². The summed E-state index contributed by atoms with van der Waals surface area (Å²) in [4.78, 5) is 25.9. The maximum atomic E-state index is 13.0. The summed E-state index contributed by atoms with van der Waals surface area (Å²) in [5, 5.41) is 19.6. The zero-order chi connectivity index (χ0) is 20.4. The second-order valence-electron chi connectivity index (χ2n) is 7.04. The van der Waals surface area contributed by atoms with E-state index in [1.54, 1.807) is 21.7 Å². The average molecular weight is 385 g/mol. The first kappa shape index (κ1) is 18.5. The van der Waals surface area contributed by atoms with Crippen LogP contribution in [0.15, 0.2) is 60.3 Å². The van der Waals surface area contributed by atoms with Crippen molar-refractivity contribution in [3.05, 3.63) is 77.0 Å². The maximum absolute atomic E-state index is 13.0. The Morgan fingerprint density at radius 1 is 1.10 bits per heavy atom. The number of amides is 1. The molecule has 0 aliphatic carbocycles. The molecule has 0 radical (unpaired) electrons. The summed E-state index contributed by atoms with van der Waals surface area (Å²) < 4.78 is 1.61. The van der Waals surface area contributed by atoms with Gasteiger partial charge in [-0.3, -0.25) is 9.59 Å². The van der Waals surface area contributed by atoms with Crippen LogP contribution in [0.2, 0.25) is 0 Å². The molecule has 6 nitrogen and oxygen atoms in total. The molecule has 0 unspecified atom stereocenters. The highest BCUT2D eigenvalue weighted by Gasteiger charge is 2.23. The number of fused-ring (bicyclic) bond motifs is 2. The van der Waals surface area contributed by atoms with Gasteiger partial charge in [0.25, 0.3) is 5.91 Å². The predicted molar refractivity (Wildman–Crippen MR) is 109 cm³/mol. The summed E-state index contributed by atoms with van der Waals surface area (Å²) in [7, 11) is 0. The monoisotopic (exact) mass is 385 g/mol. The van der Waals surface area contributed by atoms with E-state index in [-0.39, 0.29) is 18.0 Å². The van der Waals surface area contributed by atoms with Gasteiger partial charge in [-0.2, -0.15) is 5.26 Å². The fourth-order valence-corrected chi connectivity index (χ4v) is 3.80. The molecule has 0 bridgehead atoms. The molecular weight excluding hydrogens is 366 g/mol. The van der Waals surface area contributed by atoms with Crippen LogP contribution in [0.25, 0.3) is 17.0 Å². The van der Waals surface area contributed by atoms with Gasteiger partial charge in [0.15, 0.2) is 0 Å². The zero-order valence-corrected chi connectivity index (χ0v) is 15.7. The van der Waals surface area contributed by atoms with Gasteiger partial charge in [0.1, 0.15) is 18.2 Å². The van der Waals surface area contributed by atoms with Crippen molar-refractivity contribution < 1.29 is 14.7 Å². The van der Waals surface area contributed by atoms with Gasteiger partial charge < -0.3 is 14.6 Å². The summed E-state index contributed by atoms with van der Waals surface area (Å²) in [6.45, 7) is 0.859. The highest BCUT2D eigenvalue weighted by molar-refractivity contribution is 6.04. The molecule has 6 heteroatoms. The van der Waals surface area contributed by atoms with Crippen molar-refractivity contribution in [2.45, 2.75) is 19.5 Å². The molecule has 0 spiro atoms. The van der Waals surface area contributed by atoms with E-state index in [0.717, 1.165) is 22.9 Å². The average Bonchev–Trinajstić information content (AvgIpc) is 3.08. The second-order valence-corrected chi connectivity index (χ2v) is 7.04. The molecule has 1 amide bonds. The Balaban J connectivity index is 1.67. The van der Waals surface area contributed by atoms with Gasteiger partial charge in [0.05, 0.1) is 0 Å². The lowest BCUT2D eigenvalue weighted by molar-refractivity contribution is -0.137. The van der Waals surface area contributed by atoms with Crippen LogP contribution >= 0.6 is 0 Å². The molecule has 2 heterocycles. The summed E-state index contributed by atoms with van der Waals surface area (Å²) >= 11 is 0. The molecule has 1 N–H and O–H groups in total. The van der Waals surface area contributed by atoms with Crippen LogP contribution in [0.3, 0.4) is 0 Å². The summed E-state index contributed by atoms with van der Waals surface area (Å²) in [6.07, 6.45) is 4.00. The number of carbonyl (C=O) groups is 2. The second kappa shape index (κ2) is 7.64. The van der Waals surface area contributed by atoms with Crippen molar-refractivity contribution in [1.29, 1.82) is 5.26 Å². The van der Waals surface area contributed by atoms with Crippen molar-refractivity contribution in [1.82, 2.24) is 9.47 Å². The van der Waals surface area contributed by atoms with Gasteiger partial charge in [-0.1, -0.05) is 42.5 Å². The number of para-hydroxylation sites is 1. The van der Waals surface area contributed by atoms with Crippen LogP contribution in [-0.4, -0.2) is 33.0 Å². The Morgan fingerprint density at radius 3 is 2.59 bits per heavy atom. The van der Waals surface area contributed by atoms with E-state index < -0.39 is 5.97 Å². The van der Waals surface area contributed by atoms with E-state index in [9.17, 15) is 14.9 Å². The molecule has 1 aliphatic heterocycles. The fraction of sp³-hybridized carbons (Fsp3) is 0.174. The minimum atomic E-state index is -0.954. The smallest absolute Gasteiger partial charge is 0.323 e. The van der Waals surface area contributed by atoms with E-state index in [4.69, 9.17) is 5.11 Å². The van der Waals surface area contributed by atoms with Crippen molar-refractivity contribution in [2.75, 3.05) is 6.54 Å². The third-order valence-electron chi connectivity index (χ3n) is 5.19. The number of hydrogen-bond acceptors (Lipinski definition) is 3. The number of nitriles is 1. The lowest BCUT2D eigenvalue weighted by Crippen LogP contribution is -2.36. The number of aromatic nitrogens is 1. The number of nitrogens with zero attached hydrogens (tertiary/aromatic N) is 3. The Hall–Kier alpha value is -3.85. The first-order valence-corrected chi connectivity index (χ1v) is 9.34. The summed E-state index contributed by atoms with van der Waals surface area (Å²) in [5.41, 5.74) is 3.78. The number of carbonyl (C=O) groups excluding carboxylic acids is 1.